The number of aliphatic hydroxyl groups is 1. The molecule has 4 nitrogen and oxygen atoms in total. The summed E-state index contributed by atoms with van der Waals surface area (Å²) >= 11 is 0. The van der Waals surface area contributed by atoms with E-state index in [2.05, 4.69) is 26.0 Å². The molecule has 0 saturated heterocycles. The van der Waals surface area contributed by atoms with Crippen LogP contribution in [0.3, 0.4) is 0 Å². The van der Waals surface area contributed by atoms with Gasteiger partial charge in [0.2, 0.25) is 0 Å². The van der Waals surface area contributed by atoms with Crippen molar-refractivity contribution in [3.63, 3.8) is 0 Å². The van der Waals surface area contributed by atoms with E-state index in [1.54, 1.807) is 0 Å². The van der Waals surface area contributed by atoms with E-state index < -0.39 is 6.10 Å². The molecule has 0 spiro atoms. The van der Waals surface area contributed by atoms with Crippen molar-refractivity contribution in [1.82, 2.24) is 0 Å². The van der Waals surface area contributed by atoms with Crippen LogP contribution in [0.5, 0.6) is 0 Å². The second kappa shape index (κ2) is 33.3. The van der Waals surface area contributed by atoms with Crippen molar-refractivity contribution in [3.8, 4) is 0 Å². The summed E-state index contributed by atoms with van der Waals surface area (Å²) in [5, 5.41) is 9.51. The number of aliphatic hydroxyl groups excluding tert-OH is 1. The van der Waals surface area contributed by atoms with Crippen LogP contribution in [0.15, 0.2) is 12.2 Å². The number of allylic oxidation sites excluding steroid dienone is 2. The van der Waals surface area contributed by atoms with Crippen molar-refractivity contribution >= 4 is 5.97 Å². The van der Waals surface area contributed by atoms with Crippen LogP contribution < -0.4 is 0 Å². The molecule has 1 atom stereocenters. The molecule has 0 radical (unpaired) electrons. The lowest BCUT2D eigenvalue weighted by Gasteiger charge is -2.16. The van der Waals surface area contributed by atoms with Crippen LogP contribution in [0.1, 0.15) is 181 Å². The van der Waals surface area contributed by atoms with Gasteiger partial charge in [0.25, 0.3) is 0 Å². The molecule has 0 aromatic heterocycles. The van der Waals surface area contributed by atoms with Crippen LogP contribution in [0.2, 0.25) is 0 Å². The van der Waals surface area contributed by atoms with Gasteiger partial charge in [-0.3, -0.25) is 4.79 Å². The summed E-state index contributed by atoms with van der Waals surface area (Å²) in [5.41, 5.74) is 0. The van der Waals surface area contributed by atoms with Gasteiger partial charge < -0.3 is 14.6 Å². The summed E-state index contributed by atoms with van der Waals surface area (Å²) < 4.78 is 11.1. The van der Waals surface area contributed by atoms with E-state index in [1.165, 1.54) is 141 Å². The molecule has 0 fully saturated rings. The van der Waals surface area contributed by atoms with Crippen LogP contribution in [-0.4, -0.2) is 37.0 Å². The molecule has 232 valence electrons. The Hall–Kier alpha value is -0.870. The van der Waals surface area contributed by atoms with Gasteiger partial charge in [0.1, 0.15) is 6.10 Å². The maximum atomic E-state index is 12.1. The van der Waals surface area contributed by atoms with E-state index >= 15 is 0 Å². The zero-order valence-electron chi connectivity index (χ0n) is 26.4. The first-order chi connectivity index (χ1) is 19.2. The smallest absolute Gasteiger partial charge is 0.306 e. The second-order valence-corrected chi connectivity index (χ2v) is 11.6. The molecule has 0 aromatic carbocycles. The predicted octanol–water partition coefficient (Wildman–Crippen LogP) is 10.6. The van der Waals surface area contributed by atoms with E-state index in [0.29, 0.717) is 19.6 Å². The number of rotatable bonds is 32. The molecule has 0 bridgehead atoms. The largest absolute Gasteiger partial charge is 0.457 e. The minimum atomic E-state index is -0.527. The highest BCUT2D eigenvalue weighted by Gasteiger charge is 2.13. The molecule has 39 heavy (non-hydrogen) atoms. The number of hydrogen-bond acceptors (Lipinski definition) is 4. The van der Waals surface area contributed by atoms with Gasteiger partial charge in [0.15, 0.2) is 0 Å². The quantitative estimate of drug-likeness (QED) is 0.0512. The molecule has 4 heteroatoms. The van der Waals surface area contributed by atoms with Gasteiger partial charge in [-0.05, 0) is 38.5 Å². The number of carbonyl (C=O) groups is 1. The van der Waals surface area contributed by atoms with E-state index in [1.807, 2.05) is 0 Å². The molecule has 1 unspecified atom stereocenters. The van der Waals surface area contributed by atoms with Crippen LogP contribution in [0.25, 0.3) is 0 Å². The number of carbonyl (C=O) groups excluding carboxylic acids is 1. The van der Waals surface area contributed by atoms with E-state index in [9.17, 15) is 9.90 Å². The molecule has 0 amide bonds. The highest BCUT2D eigenvalue weighted by atomic mass is 16.6. The highest BCUT2D eigenvalue weighted by molar-refractivity contribution is 5.69. The predicted molar refractivity (Wildman–Crippen MR) is 168 cm³/mol. The van der Waals surface area contributed by atoms with E-state index in [0.717, 1.165) is 19.3 Å². The average molecular weight is 553 g/mol. The zero-order valence-corrected chi connectivity index (χ0v) is 26.4. The first-order valence-electron chi connectivity index (χ1n) is 17.3. The highest BCUT2D eigenvalue weighted by Crippen LogP contribution is 2.13. The number of hydrogen-bond donors (Lipinski definition) is 1. The summed E-state index contributed by atoms with van der Waals surface area (Å²) in [6.07, 6.45) is 36.7. The maximum absolute atomic E-state index is 12.1. The second-order valence-electron chi connectivity index (χ2n) is 11.6. The fourth-order valence-corrected chi connectivity index (χ4v) is 4.97. The lowest BCUT2D eigenvalue weighted by molar-refractivity contribution is -0.154. The number of esters is 1. The van der Waals surface area contributed by atoms with Crippen LogP contribution in [0, 0.1) is 0 Å². The van der Waals surface area contributed by atoms with Gasteiger partial charge in [-0.2, -0.15) is 0 Å². The molecule has 0 aliphatic carbocycles. The molecule has 0 rings (SSSR count). The summed E-state index contributed by atoms with van der Waals surface area (Å²) in [4.78, 5) is 12.1. The Balaban J connectivity index is 3.43. The molecule has 0 aliphatic heterocycles. The Labute approximate surface area is 244 Å². The molecular formula is C35H68O4. The maximum Gasteiger partial charge on any atom is 0.306 e. The monoisotopic (exact) mass is 553 g/mol. The molecular weight excluding hydrogens is 484 g/mol. The van der Waals surface area contributed by atoms with Gasteiger partial charge in [-0.25, -0.2) is 0 Å². The zero-order chi connectivity index (χ0) is 28.5. The van der Waals surface area contributed by atoms with Crippen molar-refractivity contribution in [2.24, 2.45) is 0 Å². The Morgan fingerprint density at radius 2 is 1.00 bits per heavy atom. The summed E-state index contributed by atoms with van der Waals surface area (Å²) in [5.74, 6) is -0.204. The minimum absolute atomic E-state index is 0.169. The summed E-state index contributed by atoms with van der Waals surface area (Å²) in [6, 6.07) is 0. The number of unbranched alkanes of at least 4 members (excludes halogenated alkanes) is 22. The van der Waals surface area contributed by atoms with Crippen molar-refractivity contribution in [2.75, 3.05) is 19.8 Å². The van der Waals surface area contributed by atoms with Gasteiger partial charge in [0, 0.05) is 13.0 Å². The van der Waals surface area contributed by atoms with Crippen molar-refractivity contribution in [2.45, 2.75) is 187 Å². The van der Waals surface area contributed by atoms with Crippen molar-refractivity contribution in [1.29, 1.82) is 0 Å². The third kappa shape index (κ3) is 31.5. The molecule has 0 aliphatic rings. The van der Waals surface area contributed by atoms with Gasteiger partial charge in [0.05, 0.1) is 13.2 Å². The van der Waals surface area contributed by atoms with Gasteiger partial charge >= 0.3 is 5.97 Å². The molecule has 0 heterocycles. The third-order valence-corrected chi connectivity index (χ3v) is 7.59. The molecule has 1 N–H and O–H groups in total. The summed E-state index contributed by atoms with van der Waals surface area (Å²) in [7, 11) is 0. The topological polar surface area (TPSA) is 55.8 Å². The van der Waals surface area contributed by atoms with Crippen molar-refractivity contribution < 1.29 is 19.4 Å². The van der Waals surface area contributed by atoms with Gasteiger partial charge in [-0.1, -0.05) is 148 Å². The first-order valence-corrected chi connectivity index (χ1v) is 17.3. The van der Waals surface area contributed by atoms with Gasteiger partial charge in [-0.15, -0.1) is 0 Å². The molecule has 0 saturated carbocycles. The third-order valence-electron chi connectivity index (χ3n) is 7.59. The number of ether oxygens (including phenoxy) is 2. The van der Waals surface area contributed by atoms with Crippen molar-refractivity contribution in [3.05, 3.63) is 12.2 Å². The fraction of sp³-hybridized carbons (Fsp3) is 0.914. The Morgan fingerprint density at radius 1 is 0.590 bits per heavy atom. The van der Waals surface area contributed by atoms with Crippen LogP contribution in [0.4, 0.5) is 0 Å². The summed E-state index contributed by atoms with van der Waals surface area (Å²) in [6.45, 7) is 5.34. The van der Waals surface area contributed by atoms with Crippen LogP contribution in [-0.2, 0) is 14.3 Å². The molecule has 0 aromatic rings. The lowest BCUT2D eigenvalue weighted by atomic mass is 10.1. The minimum Gasteiger partial charge on any atom is -0.457 e. The standard InChI is InChI=1S/C35H68O4/c1-3-5-7-9-11-13-15-16-17-18-19-20-21-22-24-26-28-30-35(37)39-34(32-36)33-38-31-29-27-25-23-14-12-10-8-6-4-2/h16-17,34,36H,3-15,18-33H2,1-2H3/b17-16-. The normalized spacial score (nSPS) is 12.4. The Kier molecular flexibility index (Phi) is 32.6. The Morgan fingerprint density at radius 3 is 1.46 bits per heavy atom. The van der Waals surface area contributed by atoms with Crippen LogP contribution >= 0.6 is 0 Å². The average Bonchev–Trinajstić information content (AvgIpc) is 2.94. The lowest BCUT2D eigenvalue weighted by Crippen LogP contribution is -2.27. The fourth-order valence-electron chi connectivity index (χ4n) is 4.97. The Bertz CT molecular complexity index is 505. The SMILES string of the molecule is CCCCCCCC/C=C\CCCCCCCCCC(=O)OC(CO)COCCCCCCCCCCCC. The first kappa shape index (κ1) is 38.1. The van der Waals surface area contributed by atoms with E-state index in [-0.39, 0.29) is 12.6 Å². The van der Waals surface area contributed by atoms with E-state index in [4.69, 9.17) is 9.47 Å².